The number of carbonyl (C=O) groups is 3. The highest BCUT2D eigenvalue weighted by Gasteiger charge is 2.15. The summed E-state index contributed by atoms with van der Waals surface area (Å²) in [7, 11) is 0. The van der Waals surface area contributed by atoms with Gasteiger partial charge in [0, 0.05) is 18.4 Å². The first-order valence-corrected chi connectivity index (χ1v) is 10.00. The maximum atomic E-state index is 12.3. The highest BCUT2D eigenvalue weighted by molar-refractivity contribution is 5.98. The molecule has 0 aromatic heterocycles. The summed E-state index contributed by atoms with van der Waals surface area (Å²) in [6.45, 7) is 1.80. The van der Waals surface area contributed by atoms with E-state index in [2.05, 4.69) is 10.9 Å². The van der Waals surface area contributed by atoms with Crippen molar-refractivity contribution in [2.24, 2.45) is 0 Å². The maximum absolute atomic E-state index is 12.3. The highest BCUT2D eigenvalue weighted by atomic mass is 16.5. The lowest BCUT2D eigenvalue weighted by Gasteiger charge is -2.11. The van der Waals surface area contributed by atoms with Crippen LogP contribution < -0.4 is 15.6 Å². The summed E-state index contributed by atoms with van der Waals surface area (Å²) in [5.74, 6) is -0.298. The van der Waals surface area contributed by atoms with Crippen molar-refractivity contribution in [1.29, 1.82) is 0 Å². The molecule has 0 aliphatic heterocycles. The van der Waals surface area contributed by atoms with E-state index < -0.39 is 11.8 Å². The minimum atomic E-state index is -0.464. The third-order valence-corrected chi connectivity index (χ3v) is 5.05. The number of aryl methyl sites for hydroxylation is 3. The molecule has 0 heterocycles. The van der Waals surface area contributed by atoms with Gasteiger partial charge < -0.3 is 4.74 Å². The first-order chi connectivity index (χ1) is 14.1. The van der Waals surface area contributed by atoms with Crippen LogP contribution in [0.3, 0.4) is 0 Å². The Balaban J connectivity index is 1.38. The number of carbonyl (C=O) groups excluding carboxylic acids is 3. The molecule has 0 fully saturated rings. The van der Waals surface area contributed by atoms with Crippen LogP contribution in [0.15, 0.2) is 42.5 Å². The van der Waals surface area contributed by atoms with E-state index in [0.29, 0.717) is 11.3 Å². The number of hydrogen-bond donors (Lipinski definition) is 2. The number of hydrazine groups is 1. The number of ketones is 1. The van der Waals surface area contributed by atoms with Crippen molar-refractivity contribution in [3.63, 3.8) is 0 Å². The van der Waals surface area contributed by atoms with Gasteiger partial charge >= 0.3 is 0 Å². The smallest absolute Gasteiger partial charge is 0.276 e. The molecule has 1 aliphatic rings. The molecule has 0 unspecified atom stereocenters. The van der Waals surface area contributed by atoms with E-state index in [1.165, 1.54) is 11.1 Å². The zero-order chi connectivity index (χ0) is 20.6. The van der Waals surface area contributed by atoms with Gasteiger partial charge in [-0.2, -0.15) is 0 Å². The van der Waals surface area contributed by atoms with Crippen LogP contribution >= 0.6 is 0 Å². The standard InChI is InChI=1S/C23H26N2O4/c1-2-16-6-3-4-9-21(16)29-15-23(28)25-24-22(27)13-12-20(26)19-11-10-17-7-5-8-18(17)14-19/h3-4,6,9-11,14H,2,5,7-8,12-13,15H2,1H3,(H,24,27)(H,25,28). The number of benzene rings is 2. The van der Waals surface area contributed by atoms with Gasteiger partial charge in [0.25, 0.3) is 5.91 Å². The van der Waals surface area contributed by atoms with Gasteiger partial charge in [-0.25, -0.2) is 0 Å². The highest BCUT2D eigenvalue weighted by Crippen LogP contribution is 2.23. The number of hydrogen-bond acceptors (Lipinski definition) is 4. The Labute approximate surface area is 170 Å². The summed E-state index contributed by atoms with van der Waals surface area (Å²) in [5, 5.41) is 0. The maximum Gasteiger partial charge on any atom is 0.276 e. The molecule has 6 heteroatoms. The van der Waals surface area contributed by atoms with Gasteiger partial charge in [0.1, 0.15) is 5.75 Å². The van der Waals surface area contributed by atoms with Crippen molar-refractivity contribution in [3.05, 3.63) is 64.7 Å². The van der Waals surface area contributed by atoms with Gasteiger partial charge in [-0.3, -0.25) is 25.2 Å². The molecule has 0 saturated heterocycles. The van der Waals surface area contributed by atoms with Crippen molar-refractivity contribution in [3.8, 4) is 5.75 Å². The molecule has 0 atom stereocenters. The predicted octanol–water partition coefficient (Wildman–Crippen LogP) is 2.93. The van der Waals surface area contributed by atoms with E-state index in [1.54, 1.807) is 6.07 Å². The molecular weight excluding hydrogens is 368 g/mol. The van der Waals surface area contributed by atoms with Crippen LogP contribution in [0.1, 0.15) is 53.2 Å². The quantitative estimate of drug-likeness (QED) is 0.533. The second-order valence-electron chi connectivity index (χ2n) is 7.11. The summed E-state index contributed by atoms with van der Waals surface area (Å²) in [5.41, 5.74) is 8.84. The fraction of sp³-hybridized carbons (Fsp3) is 0.348. The SMILES string of the molecule is CCc1ccccc1OCC(=O)NNC(=O)CCC(=O)c1ccc2c(c1)CCC2. The van der Waals surface area contributed by atoms with E-state index in [1.807, 2.05) is 43.3 Å². The van der Waals surface area contributed by atoms with Crippen LogP contribution in [-0.4, -0.2) is 24.2 Å². The topological polar surface area (TPSA) is 84.5 Å². The molecule has 0 radical (unpaired) electrons. The fourth-order valence-electron chi connectivity index (χ4n) is 3.43. The number of nitrogens with one attached hydrogen (secondary N) is 2. The first kappa shape index (κ1) is 20.6. The molecule has 152 valence electrons. The van der Waals surface area contributed by atoms with Crippen LogP contribution in [0.25, 0.3) is 0 Å². The van der Waals surface area contributed by atoms with Gasteiger partial charge in [-0.1, -0.05) is 37.3 Å². The lowest BCUT2D eigenvalue weighted by molar-refractivity contribution is -0.130. The lowest BCUT2D eigenvalue weighted by atomic mass is 10.0. The molecule has 2 aromatic carbocycles. The average Bonchev–Trinajstić information content (AvgIpc) is 3.22. The summed E-state index contributed by atoms with van der Waals surface area (Å²) in [6, 6.07) is 13.3. The van der Waals surface area contributed by atoms with Crippen LogP contribution in [-0.2, 0) is 28.9 Å². The summed E-state index contributed by atoms with van der Waals surface area (Å²) < 4.78 is 5.50. The molecule has 2 N–H and O–H groups in total. The van der Waals surface area contributed by atoms with Gasteiger partial charge in [-0.15, -0.1) is 0 Å². The van der Waals surface area contributed by atoms with Crippen molar-refractivity contribution < 1.29 is 19.1 Å². The van der Waals surface area contributed by atoms with Crippen LogP contribution in [0.4, 0.5) is 0 Å². The van der Waals surface area contributed by atoms with Gasteiger partial charge in [0.05, 0.1) is 0 Å². The fourth-order valence-corrected chi connectivity index (χ4v) is 3.43. The number of Topliss-reactive ketones (excluding diaryl/α,β-unsaturated/α-hetero) is 1. The molecule has 2 amide bonds. The third-order valence-electron chi connectivity index (χ3n) is 5.05. The van der Waals surface area contributed by atoms with Crippen molar-refractivity contribution in [2.75, 3.05) is 6.61 Å². The van der Waals surface area contributed by atoms with Gasteiger partial charge in [-0.05, 0) is 54.5 Å². The Morgan fingerprint density at radius 2 is 1.69 bits per heavy atom. The first-order valence-electron chi connectivity index (χ1n) is 10.00. The molecular formula is C23H26N2O4. The third kappa shape index (κ3) is 5.67. The van der Waals surface area contributed by atoms with E-state index >= 15 is 0 Å². The molecule has 0 spiro atoms. The largest absolute Gasteiger partial charge is 0.483 e. The van der Waals surface area contributed by atoms with E-state index in [9.17, 15) is 14.4 Å². The minimum absolute atomic E-state index is 0.00965. The zero-order valence-corrected chi connectivity index (χ0v) is 16.6. The normalized spacial score (nSPS) is 12.2. The number of fused-ring (bicyclic) bond motifs is 1. The number of para-hydroxylation sites is 1. The Morgan fingerprint density at radius 3 is 2.52 bits per heavy atom. The van der Waals surface area contributed by atoms with E-state index in [-0.39, 0.29) is 25.2 Å². The zero-order valence-electron chi connectivity index (χ0n) is 16.6. The van der Waals surface area contributed by atoms with Gasteiger partial charge in [0.2, 0.25) is 5.91 Å². The van der Waals surface area contributed by atoms with E-state index in [0.717, 1.165) is 31.2 Å². The molecule has 2 aromatic rings. The summed E-state index contributed by atoms with van der Waals surface area (Å²) >= 11 is 0. The molecule has 0 bridgehead atoms. The molecule has 29 heavy (non-hydrogen) atoms. The van der Waals surface area contributed by atoms with Crippen molar-refractivity contribution in [2.45, 2.75) is 45.4 Å². The molecule has 3 rings (SSSR count). The number of amides is 2. The lowest BCUT2D eigenvalue weighted by Crippen LogP contribution is -2.43. The molecule has 6 nitrogen and oxygen atoms in total. The Hall–Kier alpha value is -3.15. The Kier molecular flexibility index (Phi) is 7.00. The van der Waals surface area contributed by atoms with Gasteiger partial charge in [0.15, 0.2) is 12.4 Å². The Morgan fingerprint density at radius 1 is 0.931 bits per heavy atom. The minimum Gasteiger partial charge on any atom is -0.483 e. The summed E-state index contributed by atoms with van der Waals surface area (Å²) in [4.78, 5) is 36.1. The van der Waals surface area contributed by atoms with Crippen molar-refractivity contribution >= 4 is 17.6 Å². The second-order valence-corrected chi connectivity index (χ2v) is 7.11. The second kappa shape index (κ2) is 9.87. The van der Waals surface area contributed by atoms with Crippen LogP contribution in [0.5, 0.6) is 5.75 Å². The summed E-state index contributed by atoms with van der Waals surface area (Å²) in [6.07, 6.45) is 4.11. The van der Waals surface area contributed by atoms with E-state index in [4.69, 9.17) is 4.74 Å². The predicted molar refractivity (Wildman–Crippen MR) is 110 cm³/mol. The monoisotopic (exact) mass is 394 g/mol. The number of ether oxygens (including phenoxy) is 1. The van der Waals surface area contributed by atoms with Crippen LogP contribution in [0.2, 0.25) is 0 Å². The molecule has 1 aliphatic carbocycles. The number of rotatable bonds is 8. The molecule has 0 saturated carbocycles. The average molecular weight is 394 g/mol. The van der Waals surface area contributed by atoms with Crippen molar-refractivity contribution in [1.82, 2.24) is 10.9 Å². The Bertz CT molecular complexity index is 908. The van der Waals surface area contributed by atoms with Crippen LogP contribution in [0, 0.1) is 0 Å².